The Morgan fingerprint density at radius 1 is 1.00 bits per heavy atom. The molecule has 244 valence electrons. The van der Waals surface area contributed by atoms with Gasteiger partial charge in [0.25, 0.3) is 5.91 Å². The number of benzene rings is 1. The number of H-pyrrole nitrogens is 1. The smallest absolute Gasteiger partial charge is 0.271 e. The van der Waals surface area contributed by atoms with Crippen LogP contribution in [0.2, 0.25) is 0 Å². The van der Waals surface area contributed by atoms with Crippen molar-refractivity contribution in [1.82, 2.24) is 30.0 Å². The predicted molar refractivity (Wildman–Crippen MR) is 179 cm³/mol. The lowest BCUT2D eigenvalue weighted by atomic mass is 9.92. The van der Waals surface area contributed by atoms with Crippen LogP contribution in [0.25, 0.3) is 11.4 Å². The van der Waals surface area contributed by atoms with Crippen molar-refractivity contribution in [3.63, 3.8) is 0 Å². The Morgan fingerprint density at radius 3 is 2.50 bits per heavy atom. The molecule has 3 aromatic rings. The fraction of sp³-hybridized carbons (Fsp3) is 0.588. The van der Waals surface area contributed by atoms with Crippen LogP contribution in [-0.4, -0.2) is 107 Å². The van der Waals surface area contributed by atoms with Crippen LogP contribution in [0.1, 0.15) is 66.9 Å². The van der Waals surface area contributed by atoms with Crippen LogP contribution in [0.4, 0.5) is 23.0 Å². The highest BCUT2D eigenvalue weighted by Crippen LogP contribution is 2.53. The first-order chi connectivity index (χ1) is 22.5. The van der Waals surface area contributed by atoms with Crippen molar-refractivity contribution >= 4 is 28.9 Å². The van der Waals surface area contributed by atoms with Gasteiger partial charge >= 0.3 is 0 Å². The molecule has 8 rings (SSSR count). The maximum absolute atomic E-state index is 12.8. The summed E-state index contributed by atoms with van der Waals surface area (Å²) in [5, 5.41) is 14.3. The number of piperazine rings is 1. The molecule has 2 aromatic heterocycles. The lowest BCUT2D eigenvalue weighted by molar-refractivity contribution is 0.0351. The van der Waals surface area contributed by atoms with E-state index in [1.807, 2.05) is 6.07 Å². The number of rotatable bonds is 9. The molecule has 5 fully saturated rings. The highest BCUT2D eigenvalue weighted by atomic mass is 16.5. The molecular weight excluding hydrogens is 580 g/mol. The molecule has 46 heavy (non-hydrogen) atoms. The molecule has 1 unspecified atom stereocenters. The number of hydrogen-bond acceptors (Lipinski definition) is 10. The van der Waals surface area contributed by atoms with Crippen LogP contribution in [0.5, 0.6) is 0 Å². The number of carbonyl (C=O) groups excluding carboxylic acids is 1. The summed E-state index contributed by atoms with van der Waals surface area (Å²) in [7, 11) is 2.22. The molecule has 1 spiro atoms. The van der Waals surface area contributed by atoms with Crippen molar-refractivity contribution in [2.75, 3.05) is 75.1 Å². The van der Waals surface area contributed by atoms with Crippen LogP contribution in [0.3, 0.4) is 0 Å². The SMILES string of the molecule is CN1CCN(C2CCN(c3ccc(Nc4nc(NC5CCOCC56CC6)c(-c5ccn[nH]5)nc4C(N)=O)cc3C3CC3)CC2)CC1. The number of nitrogens with zero attached hydrogens (tertiary/aromatic N) is 6. The maximum Gasteiger partial charge on any atom is 0.271 e. The molecule has 5 N–H and O–H groups in total. The van der Waals surface area contributed by atoms with Gasteiger partial charge in [-0.3, -0.25) is 14.8 Å². The van der Waals surface area contributed by atoms with Crippen LogP contribution >= 0.6 is 0 Å². The summed E-state index contributed by atoms with van der Waals surface area (Å²) in [5.74, 6) is 0.904. The van der Waals surface area contributed by atoms with Gasteiger partial charge in [-0.05, 0) is 87.7 Å². The van der Waals surface area contributed by atoms with Gasteiger partial charge in [-0.2, -0.15) is 5.10 Å². The Hall–Kier alpha value is -3.74. The van der Waals surface area contributed by atoms with Gasteiger partial charge in [0.05, 0.1) is 12.3 Å². The number of carbonyl (C=O) groups is 1. The Kier molecular flexibility index (Phi) is 7.82. The Balaban J connectivity index is 1.05. The third-order valence-electron chi connectivity index (χ3n) is 10.9. The summed E-state index contributed by atoms with van der Waals surface area (Å²) < 4.78 is 5.82. The number of nitrogens with one attached hydrogen (secondary N) is 3. The normalized spacial score (nSPS) is 23.8. The highest BCUT2D eigenvalue weighted by Gasteiger charge is 2.51. The van der Waals surface area contributed by atoms with Gasteiger partial charge in [-0.1, -0.05) is 0 Å². The summed E-state index contributed by atoms with van der Waals surface area (Å²) in [4.78, 5) is 30.3. The first-order valence-corrected chi connectivity index (χ1v) is 17.1. The monoisotopic (exact) mass is 626 g/mol. The zero-order chi connectivity index (χ0) is 31.3. The first-order valence-electron chi connectivity index (χ1n) is 17.1. The minimum absolute atomic E-state index is 0.103. The number of piperidine rings is 1. The van der Waals surface area contributed by atoms with Crippen LogP contribution in [0, 0.1) is 5.41 Å². The number of nitrogens with two attached hydrogens (primary N) is 1. The number of aromatic amines is 1. The average molecular weight is 627 g/mol. The molecule has 5 aliphatic rings. The molecule has 3 saturated heterocycles. The highest BCUT2D eigenvalue weighted by molar-refractivity contribution is 5.97. The van der Waals surface area contributed by atoms with E-state index in [-0.39, 0.29) is 17.2 Å². The second kappa shape index (κ2) is 12.1. The lowest BCUT2D eigenvalue weighted by Crippen LogP contribution is -2.52. The van der Waals surface area contributed by atoms with Gasteiger partial charge in [-0.25, -0.2) is 9.97 Å². The third kappa shape index (κ3) is 5.93. The van der Waals surface area contributed by atoms with Crippen LogP contribution in [0.15, 0.2) is 30.5 Å². The molecule has 1 atom stereocenters. The Labute approximate surface area is 270 Å². The van der Waals surface area contributed by atoms with Crippen molar-refractivity contribution in [1.29, 1.82) is 0 Å². The van der Waals surface area contributed by atoms with E-state index in [0.29, 0.717) is 41.6 Å². The predicted octanol–water partition coefficient (Wildman–Crippen LogP) is 3.78. The Bertz CT molecular complexity index is 1550. The molecule has 1 amide bonds. The summed E-state index contributed by atoms with van der Waals surface area (Å²) in [6, 6.07) is 9.34. The van der Waals surface area contributed by atoms with E-state index >= 15 is 0 Å². The molecule has 0 bridgehead atoms. The number of ether oxygens (including phenoxy) is 1. The molecule has 3 aliphatic heterocycles. The number of aromatic nitrogens is 4. The van der Waals surface area contributed by atoms with Crippen LogP contribution < -0.4 is 21.3 Å². The van der Waals surface area contributed by atoms with Crippen molar-refractivity contribution in [3.05, 3.63) is 41.7 Å². The lowest BCUT2D eigenvalue weighted by Gasteiger charge is -2.43. The van der Waals surface area contributed by atoms with Gasteiger partial charge in [0, 0.05) is 80.9 Å². The molecule has 0 radical (unpaired) electrons. The third-order valence-corrected chi connectivity index (χ3v) is 10.9. The standard InChI is InChI=1S/C34H46N10O2/c1-42-15-17-43(18-16-42)24-7-13-44(14-8-24)27-5-4-23(20-25(27)22-2-3-22)37-33-30(31(35)45)39-29(26-6-12-36-41-26)32(40-33)38-28-9-19-46-21-34(28)10-11-34/h4-6,12,20,22,24,28H,2-3,7-11,13-19,21H2,1H3,(H2,35,45)(H,36,41)(H2,37,38,40). The van der Waals surface area contributed by atoms with Crippen molar-refractivity contribution in [2.45, 2.75) is 62.9 Å². The molecule has 2 aliphatic carbocycles. The average Bonchev–Trinajstić information content (AvgIpc) is 4.01. The number of anilines is 4. The number of amides is 1. The van der Waals surface area contributed by atoms with E-state index in [1.165, 1.54) is 63.1 Å². The molecule has 12 nitrogen and oxygen atoms in total. The zero-order valence-corrected chi connectivity index (χ0v) is 26.8. The minimum Gasteiger partial charge on any atom is -0.381 e. The zero-order valence-electron chi connectivity index (χ0n) is 26.8. The van der Waals surface area contributed by atoms with Gasteiger partial charge in [0.2, 0.25) is 0 Å². The second-order valence-electron chi connectivity index (χ2n) is 14.1. The number of hydrogen-bond donors (Lipinski definition) is 4. The Morgan fingerprint density at radius 2 is 1.80 bits per heavy atom. The van der Waals surface area contributed by atoms with E-state index < -0.39 is 5.91 Å². The number of primary amides is 1. The molecule has 1 aromatic carbocycles. The van der Waals surface area contributed by atoms with Crippen molar-refractivity contribution < 1.29 is 9.53 Å². The van der Waals surface area contributed by atoms with Gasteiger partial charge < -0.3 is 30.9 Å². The fourth-order valence-electron chi connectivity index (χ4n) is 7.73. The van der Waals surface area contributed by atoms with Gasteiger partial charge in [0.15, 0.2) is 17.3 Å². The summed E-state index contributed by atoms with van der Waals surface area (Å²) in [6.45, 7) is 8.33. The van der Waals surface area contributed by atoms with Crippen molar-refractivity contribution in [3.8, 4) is 11.4 Å². The van der Waals surface area contributed by atoms with E-state index in [2.05, 4.69) is 60.8 Å². The van der Waals surface area contributed by atoms with Crippen molar-refractivity contribution in [2.24, 2.45) is 11.1 Å². The molecular formula is C34H46N10O2. The molecule has 5 heterocycles. The first kappa shape index (κ1) is 29.6. The number of likely N-dealkylation sites (N-methyl/N-ethyl adjacent to an activating group) is 1. The minimum atomic E-state index is -0.630. The van der Waals surface area contributed by atoms with Gasteiger partial charge in [0.1, 0.15) is 5.69 Å². The molecule has 12 heteroatoms. The van der Waals surface area contributed by atoms with E-state index in [0.717, 1.165) is 44.6 Å². The van der Waals surface area contributed by atoms with Gasteiger partial charge in [-0.15, -0.1) is 0 Å². The fourth-order valence-corrected chi connectivity index (χ4v) is 7.73. The second-order valence-corrected chi connectivity index (χ2v) is 14.1. The van der Waals surface area contributed by atoms with E-state index in [4.69, 9.17) is 20.4 Å². The topological polar surface area (TPSA) is 141 Å². The van der Waals surface area contributed by atoms with Crippen LogP contribution in [-0.2, 0) is 4.74 Å². The quantitative estimate of drug-likeness (QED) is 0.277. The molecule has 2 saturated carbocycles. The summed E-state index contributed by atoms with van der Waals surface area (Å²) >= 11 is 0. The largest absolute Gasteiger partial charge is 0.381 e. The summed E-state index contributed by atoms with van der Waals surface area (Å²) in [5.41, 5.74) is 11.0. The summed E-state index contributed by atoms with van der Waals surface area (Å²) in [6.07, 6.45) is 9.65. The van der Waals surface area contributed by atoms with E-state index in [9.17, 15) is 4.79 Å². The maximum atomic E-state index is 12.8. The van der Waals surface area contributed by atoms with E-state index in [1.54, 1.807) is 6.20 Å².